The van der Waals surface area contributed by atoms with Crippen molar-refractivity contribution >= 4 is 23.2 Å². The van der Waals surface area contributed by atoms with E-state index in [4.69, 9.17) is 23.2 Å². The van der Waals surface area contributed by atoms with E-state index in [0.717, 1.165) is 0 Å². The van der Waals surface area contributed by atoms with Crippen LogP contribution in [-0.4, -0.2) is 9.67 Å². The minimum atomic E-state index is -0.470. The molecule has 0 unspecified atom stereocenters. The second kappa shape index (κ2) is 6.82. The number of hydrogen-bond donors (Lipinski definition) is 1. The second-order valence-electron chi connectivity index (χ2n) is 7.12. The van der Waals surface area contributed by atoms with Crippen LogP contribution in [0.15, 0.2) is 59.4 Å². The van der Waals surface area contributed by atoms with Crippen LogP contribution in [0.4, 0.5) is 0 Å². The fraction of sp³-hybridized carbons (Fsp3) is 0.190. The number of nitrogens with zero attached hydrogens (tertiary/aromatic N) is 1. The standard InChI is InChI=1S/C21H19Cl2NO2/c1-21(2,3)19-17(23)18(25)16(13-7-5-4-6-8-13)20(26)24(19)15-11-9-14(22)10-12-15/h4-12,25H,1-3H3. The molecule has 0 amide bonds. The molecule has 0 aliphatic heterocycles. The average Bonchev–Trinajstić information content (AvgIpc) is 2.59. The van der Waals surface area contributed by atoms with Gasteiger partial charge in [-0.25, -0.2) is 0 Å². The number of pyridine rings is 1. The van der Waals surface area contributed by atoms with Crippen LogP contribution in [0.3, 0.4) is 0 Å². The van der Waals surface area contributed by atoms with Crippen molar-refractivity contribution in [2.45, 2.75) is 26.2 Å². The molecule has 0 aliphatic carbocycles. The van der Waals surface area contributed by atoms with Gasteiger partial charge < -0.3 is 5.11 Å². The van der Waals surface area contributed by atoms with Crippen LogP contribution in [0.5, 0.6) is 5.75 Å². The summed E-state index contributed by atoms with van der Waals surface area (Å²) in [6.45, 7) is 5.84. The summed E-state index contributed by atoms with van der Waals surface area (Å²) in [4.78, 5) is 13.4. The Kier molecular flexibility index (Phi) is 4.87. The third-order valence-electron chi connectivity index (χ3n) is 4.15. The van der Waals surface area contributed by atoms with E-state index in [1.807, 2.05) is 39.0 Å². The summed E-state index contributed by atoms with van der Waals surface area (Å²) in [5, 5.41) is 11.5. The summed E-state index contributed by atoms with van der Waals surface area (Å²) in [6.07, 6.45) is 0. The zero-order valence-corrected chi connectivity index (χ0v) is 16.3. The van der Waals surface area contributed by atoms with Gasteiger partial charge in [0.15, 0.2) is 0 Å². The van der Waals surface area contributed by atoms with Crippen molar-refractivity contribution in [1.82, 2.24) is 4.57 Å². The molecule has 3 rings (SSSR count). The summed E-state index contributed by atoms with van der Waals surface area (Å²) < 4.78 is 1.56. The molecule has 1 aromatic heterocycles. The largest absolute Gasteiger partial charge is 0.505 e. The molecule has 134 valence electrons. The van der Waals surface area contributed by atoms with Gasteiger partial charge in [-0.2, -0.15) is 0 Å². The highest BCUT2D eigenvalue weighted by Gasteiger charge is 2.29. The fourth-order valence-corrected chi connectivity index (χ4v) is 3.59. The molecule has 26 heavy (non-hydrogen) atoms. The van der Waals surface area contributed by atoms with Crippen molar-refractivity contribution < 1.29 is 5.11 Å². The molecular weight excluding hydrogens is 369 g/mol. The maximum atomic E-state index is 13.4. The Bertz CT molecular complexity index is 1000. The molecule has 0 spiro atoms. The summed E-state index contributed by atoms with van der Waals surface area (Å²) in [5.74, 6) is -0.196. The van der Waals surface area contributed by atoms with Gasteiger partial charge in [0.2, 0.25) is 0 Å². The first kappa shape index (κ1) is 18.6. The van der Waals surface area contributed by atoms with E-state index in [0.29, 0.717) is 22.0 Å². The smallest absolute Gasteiger partial charge is 0.267 e. The third kappa shape index (κ3) is 3.25. The van der Waals surface area contributed by atoms with E-state index in [2.05, 4.69) is 0 Å². The van der Waals surface area contributed by atoms with Gasteiger partial charge in [0.25, 0.3) is 5.56 Å². The quantitative estimate of drug-likeness (QED) is 0.602. The summed E-state index contributed by atoms with van der Waals surface area (Å²) >= 11 is 12.6. The molecule has 1 heterocycles. The number of aromatic hydroxyl groups is 1. The van der Waals surface area contributed by atoms with Crippen LogP contribution in [0, 0.1) is 0 Å². The van der Waals surface area contributed by atoms with Crippen LogP contribution in [0.2, 0.25) is 10.0 Å². The van der Waals surface area contributed by atoms with Crippen LogP contribution >= 0.6 is 23.2 Å². The molecule has 1 N–H and O–H groups in total. The normalized spacial score (nSPS) is 11.6. The molecule has 0 saturated carbocycles. The Morgan fingerprint density at radius 1 is 0.923 bits per heavy atom. The molecule has 0 bridgehead atoms. The lowest BCUT2D eigenvalue weighted by Crippen LogP contribution is -2.30. The number of aromatic nitrogens is 1. The number of rotatable bonds is 2. The number of halogens is 2. The Balaban J connectivity index is 2.46. The average molecular weight is 388 g/mol. The van der Waals surface area contributed by atoms with Gasteiger partial charge >= 0.3 is 0 Å². The van der Waals surface area contributed by atoms with Crippen molar-refractivity contribution in [2.24, 2.45) is 0 Å². The molecule has 3 aromatic rings. The topological polar surface area (TPSA) is 42.2 Å². The molecule has 0 radical (unpaired) electrons. The molecule has 2 aromatic carbocycles. The van der Waals surface area contributed by atoms with E-state index in [9.17, 15) is 9.90 Å². The minimum Gasteiger partial charge on any atom is -0.505 e. The first-order valence-corrected chi connectivity index (χ1v) is 8.96. The van der Waals surface area contributed by atoms with Crippen molar-refractivity contribution in [3.8, 4) is 22.6 Å². The monoisotopic (exact) mass is 387 g/mol. The molecule has 0 saturated heterocycles. The molecule has 3 nitrogen and oxygen atoms in total. The van der Waals surface area contributed by atoms with Crippen LogP contribution < -0.4 is 5.56 Å². The van der Waals surface area contributed by atoms with Gasteiger partial charge in [-0.3, -0.25) is 9.36 Å². The summed E-state index contributed by atoms with van der Waals surface area (Å²) in [6, 6.07) is 16.0. The van der Waals surface area contributed by atoms with Crippen molar-refractivity contribution in [3.05, 3.63) is 80.7 Å². The van der Waals surface area contributed by atoms with Gasteiger partial charge in [0.05, 0.1) is 11.3 Å². The maximum absolute atomic E-state index is 13.4. The van der Waals surface area contributed by atoms with Crippen molar-refractivity contribution in [1.29, 1.82) is 0 Å². The highest BCUT2D eigenvalue weighted by Crippen LogP contribution is 2.40. The first-order valence-electron chi connectivity index (χ1n) is 8.21. The predicted octanol–water partition coefficient (Wildman–Crippen LogP) is 5.81. The van der Waals surface area contributed by atoms with Gasteiger partial charge in [-0.1, -0.05) is 74.3 Å². The van der Waals surface area contributed by atoms with Gasteiger partial charge in [0.1, 0.15) is 10.8 Å². The van der Waals surface area contributed by atoms with Crippen molar-refractivity contribution in [2.75, 3.05) is 0 Å². The predicted molar refractivity (Wildman–Crippen MR) is 108 cm³/mol. The SMILES string of the molecule is CC(C)(C)c1c(Cl)c(O)c(-c2ccccc2)c(=O)n1-c1ccc(Cl)cc1. The summed E-state index contributed by atoms with van der Waals surface area (Å²) in [5.41, 5.74) is 1.18. The zero-order valence-electron chi connectivity index (χ0n) is 14.8. The molecular formula is C21H19Cl2NO2. The van der Waals surface area contributed by atoms with E-state index in [1.165, 1.54) is 0 Å². The molecule has 0 atom stereocenters. The van der Waals surface area contributed by atoms with Crippen LogP contribution in [0.25, 0.3) is 16.8 Å². The van der Waals surface area contributed by atoms with E-state index < -0.39 is 5.41 Å². The Morgan fingerprint density at radius 2 is 1.50 bits per heavy atom. The highest BCUT2D eigenvalue weighted by atomic mass is 35.5. The molecule has 0 fully saturated rings. The zero-order chi connectivity index (χ0) is 19.1. The van der Waals surface area contributed by atoms with Crippen LogP contribution in [-0.2, 0) is 5.41 Å². The lowest BCUT2D eigenvalue weighted by molar-refractivity contribution is 0.466. The first-order chi connectivity index (χ1) is 12.2. The van der Waals surface area contributed by atoms with Crippen LogP contribution in [0.1, 0.15) is 26.5 Å². The molecule has 0 aliphatic rings. The third-order valence-corrected chi connectivity index (χ3v) is 4.76. The number of benzene rings is 2. The van der Waals surface area contributed by atoms with Gasteiger partial charge in [-0.05, 0) is 29.8 Å². The van der Waals surface area contributed by atoms with Gasteiger partial charge in [0, 0.05) is 16.1 Å². The fourth-order valence-electron chi connectivity index (χ4n) is 3.00. The Hall–Kier alpha value is -2.23. The highest BCUT2D eigenvalue weighted by molar-refractivity contribution is 6.33. The number of hydrogen-bond acceptors (Lipinski definition) is 2. The van der Waals surface area contributed by atoms with Gasteiger partial charge in [-0.15, -0.1) is 0 Å². The molecule has 5 heteroatoms. The lowest BCUT2D eigenvalue weighted by Gasteiger charge is -2.27. The summed E-state index contributed by atoms with van der Waals surface area (Å²) in [7, 11) is 0. The lowest BCUT2D eigenvalue weighted by atomic mass is 9.89. The maximum Gasteiger partial charge on any atom is 0.267 e. The second-order valence-corrected chi connectivity index (χ2v) is 7.93. The van der Waals surface area contributed by atoms with E-state index in [-0.39, 0.29) is 21.9 Å². The Morgan fingerprint density at radius 3 is 2.04 bits per heavy atom. The van der Waals surface area contributed by atoms with Crippen molar-refractivity contribution in [3.63, 3.8) is 0 Å². The van der Waals surface area contributed by atoms with E-state index >= 15 is 0 Å². The van der Waals surface area contributed by atoms with E-state index in [1.54, 1.807) is 41.0 Å². The Labute approximate surface area is 162 Å². The minimum absolute atomic E-state index is 0.172.